The molecule has 0 saturated carbocycles. The van der Waals surface area contributed by atoms with Crippen molar-refractivity contribution in [1.82, 2.24) is 15.2 Å². The van der Waals surface area contributed by atoms with Crippen molar-refractivity contribution >= 4 is 5.78 Å². The molecule has 0 radical (unpaired) electrons. The van der Waals surface area contributed by atoms with E-state index in [0.29, 0.717) is 12.1 Å². The van der Waals surface area contributed by atoms with Crippen molar-refractivity contribution < 1.29 is 4.79 Å². The number of pyridine rings is 1. The first-order chi connectivity index (χ1) is 7.86. The molecule has 1 saturated heterocycles. The molecule has 1 aromatic heterocycles. The van der Waals surface area contributed by atoms with Crippen LogP contribution in [0.1, 0.15) is 16.9 Å². The third kappa shape index (κ3) is 3.12. The number of rotatable bonds is 4. The van der Waals surface area contributed by atoms with Crippen molar-refractivity contribution in [1.29, 1.82) is 0 Å². The van der Waals surface area contributed by atoms with E-state index in [4.69, 9.17) is 0 Å². The summed E-state index contributed by atoms with van der Waals surface area (Å²) in [7, 11) is 0. The van der Waals surface area contributed by atoms with Gasteiger partial charge in [-0.3, -0.25) is 9.78 Å². The zero-order valence-corrected chi connectivity index (χ0v) is 9.35. The molecule has 0 aromatic carbocycles. The molecular formula is C12H17N3O. The number of aromatic nitrogens is 1. The van der Waals surface area contributed by atoms with E-state index in [2.05, 4.69) is 15.2 Å². The monoisotopic (exact) mass is 219 g/mol. The lowest BCUT2D eigenvalue weighted by Gasteiger charge is -2.26. The van der Waals surface area contributed by atoms with Gasteiger partial charge < -0.3 is 10.2 Å². The molecule has 1 aromatic rings. The Bertz CT molecular complexity index is 333. The molecule has 0 atom stereocenters. The third-order valence-corrected chi connectivity index (χ3v) is 2.82. The van der Waals surface area contributed by atoms with Crippen LogP contribution in [-0.2, 0) is 0 Å². The maximum Gasteiger partial charge on any atom is 0.182 e. The van der Waals surface area contributed by atoms with Gasteiger partial charge in [-0.2, -0.15) is 0 Å². The number of carbonyl (C=O) groups is 1. The van der Waals surface area contributed by atoms with E-state index < -0.39 is 0 Å². The number of hydrogen-bond acceptors (Lipinski definition) is 4. The topological polar surface area (TPSA) is 45.2 Å². The molecule has 86 valence electrons. The predicted octanol–water partition coefficient (Wildman–Crippen LogP) is 0.560. The van der Waals surface area contributed by atoms with Crippen LogP contribution in [-0.4, -0.2) is 48.4 Å². The Labute approximate surface area is 95.7 Å². The Morgan fingerprint density at radius 2 is 2.19 bits per heavy atom. The second-order valence-electron chi connectivity index (χ2n) is 3.98. The minimum Gasteiger partial charge on any atom is -0.314 e. The molecule has 1 fully saturated rings. The Kier molecular flexibility index (Phi) is 4.02. The van der Waals surface area contributed by atoms with Crippen LogP contribution in [0.3, 0.4) is 0 Å². The third-order valence-electron chi connectivity index (χ3n) is 2.82. The average Bonchev–Trinajstić information content (AvgIpc) is 2.38. The smallest absolute Gasteiger partial charge is 0.182 e. The molecule has 16 heavy (non-hydrogen) atoms. The maximum absolute atomic E-state index is 11.8. The molecule has 0 amide bonds. The van der Waals surface area contributed by atoms with Gasteiger partial charge in [0.05, 0.1) is 0 Å². The van der Waals surface area contributed by atoms with Gasteiger partial charge >= 0.3 is 0 Å². The van der Waals surface area contributed by atoms with E-state index in [0.717, 1.165) is 32.7 Å². The molecular weight excluding hydrogens is 202 g/mol. The van der Waals surface area contributed by atoms with E-state index in [9.17, 15) is 4.79 Å². The van der Waals surface area contributed by atoms with Crippen LogP contribution in [0.2, 0.25) is 0 Å². The molecule has 1 aliphatic heterocycles. The summed E-state index contributed by atoms with van der Waals surface area (Å²) < 4.78 is 0. The van der Waals surface area contributed by atoms with Gasteiger partial charge in [-0.1, -0.05) is 6.07 Å². The van der Waals surface area contributed by atoms with Crippen LogP contribution in [0.25, 0.3) is 0 Å². The van der Waals surface area contributed by atoms with Gasteiger partial charge in [0.1, 0.15) is 5.69 Å². The van der Waals surface area contributed by atoms with E-state index >= 15 is 0 Å². The predicted molar refractivity (Wildman–Crippen MR) is 62.5 cm³/mol. The van der Waals surface area contributed by atoms with Crippen LogP contribution in [0.5, 0.6) is 0 Å². The molecule has 2 rings (SSSR count). The molecule has 1 aliphatic rings. The van der Waals surface area contributed by atoms with Crippen molar-refractivity contribution in [2.75, 3.05) is 32.7 Å². The Balaban J connectivity index is 1.79. The Morgan fingerprint density at radius 3 is 2.88 bits per heavy atom. The number of carbonyl (C=O) groups excluding carboxylic acids is 1. The van der Waals surface area contributed by atoms with E-state index in [1.165, 1.54) is 0 Å². The average molecular weight is 219 g/mol. The lowest BCUT2D eigenvalue weighted by Crippen LogP contribution is -2.44. The van der Waals surface area contributed by atoms with Gasteiger partial charge in [-0.05, 0) is 12.1 Å². The number of nitrogens with zero attached hydrogens (tertiary/aromatic N) is 2. The van der Waals surface area contributed by atoms with E-state index in [1.807, 2.05) is 12.1 Å². The minimum absolute atomic E-state index is 0.138. The zero-order chi connectivity index (χ0) is 11.2. The fraction of sp³-hybridized carbons (Fsp3) is 0.500. The van der Waals surface area contributed by atoms with Crippen LogP contribution in [0.4, 0.5) is 0 Å². The van der Waals surface area contributed by atoms with Crippen LogP contribution in [0, 0.1) is 0 Å². The summed E-state index contributed by atoms with van der Waals surface area (Å²) in [5.41, 5.74) is 0.581. The number of hydrogen-bond donors (Lipinski definition) is 1. The molecule has 2 heterocycles. The fourth-order valence-corrected chi connectivity index (χ4v) is 1.85. The number of ketones is 1. The second kappa shape index (κ2) is 5.72. The largest absolute Gasteiger partial charge is 0.314 e. The fourth-order valence-electron chi connectivity index (χ4n) is 1.85. The van der Waals surface area contributed by atoms with Crippen molar-refractivity contribution in [3.05, 3.63) is 30.1 Å². The van der Waals surface area contributed by atoms with Gasteiger partial charge in [0.15, 0.2) is 5.78 Å². The lowest BCUT2D eigenvalue weighted by atomic mass is 10.2. The van der Waals surface area contributed by atoms with Gasteiger partial charge in [-0.15, -0.1) is 0 Å². The van der Waals surface area contributed by atoms with Crippen LogP contribution < -0.4 is 5.32 Å². The summed E-state index contributed by atoms with van der Waals surface area (Å²) in [4.78, 5) is 18.2. The van der Waals surface area contributed by atoms with Crippen molar-refractivity contribution in [2.45, 2.75) is 6.42 Å². The molecule has 0 aliphatic carbocycles. The normalized spacial score (nSPS) is 17.2. The SMILES string of the molecule is O=C(CCN1CCNCC1)c1ccccn1. The summed E-state index contributed by atoms with van der Waals surface area (Å²) in [6.07, 6.45) is 2.23. The molecule has 0 bridgehead atoms. The highest BCUT2D eigenvalue weighted by Gasteiger charge is 2.12. The second-order valence-corrected chi connectivity index (χ2v) is 3.98. The van der Waals surface area contributed by atoms with Gasteiger partial charge in [0.25, 0.3) is 0 Å². The molecule has 4 nitrogen and oxygen atoms in total. The lowest BCUT2D eigenvalue weighted by molar-refractivity contribution is 0.0956. The van der Waals surface area contributed by atoms with Crippen molar-refractivity contribution in [2.24, 2.45) is 0 Å². The van der Waals surface area contributed by atoms with E-state index in [-0.39, 0.29) is 5.78 Å². The van der Waals surface area contributed by atoms with Crippen LogP contribution in [0.15, 0.2) is 24.4 Å². The molecule has 1 N–H and O–H groups in total. The Hall–Kier alpha value is -1.26. The van der Waals surface area contributed by atoms with Crippen LogP contribution >= 0.6 is 0 Å². The summed E-state index contributed by atoms with van der Waals surface area (Å²) >= 11 is 0. The minimum atomic E-state index is 0.138. The highest BCUT2D eigenvalue weighted by molar-refractivity contribution is 5.94. The number of piperazine rings is 1. The van der Waals surface area contributed by atoms with Gasteiger partial charge in [0, 0.05) is 45.3 Å². The van der Waals surface area contributed by atoms with Crippen molar-refractivity contribution in [3.8, 4) is 0 Å². The summed E-state index contributed by atoms with van der Waals surface area (Å²) in [6, 6.07) is 5.46. The maximum atomic E-state index is 11.8. The van der Waals surface area contributed by atoms with Gasteiger partial charge in [0.2, 0.25) is 0 Å². The summed E-state index contributed by atoms with van der Waals surface area (Å²) in [5.74, 6) is 0.138. The van der Waals surface area contributed by atoms with Crippen molar-refractivity contribution in [3.63, 3.8) is 0 Å². The summed E-state index contributed by atoms with van der Waals surface area (Å²) in [5, 5.41) is 3.30. The number of Topliss-reactive ketones (excluding diaryl/α,β-unsaturated/α-hetero) is 1. The Morgan fingerprint density at radius 1 is 1.38 bits per heavy atom. The zero-order valence-electron chi connectivity index (χ0n) is 9.35. The highest BCUT2D eigenvalue weighted by Crippen LogP contribution is 2.01. The van der Waals surface area contributed by atoms with Gasteiger partial charge in [-0.25, -0.2) is 0 Å². The van der Waals surface area contributed by atoms with E-state index in [1.54, 1.807) is 12.3 Å². The number of nitrogens with one attached hydrogen (secondary N) is 1. The first kappa shape index (κ1) is 11.2. The summed E-state index contributed by atoms with van der Waals surface area (Å²) in [6.45, 7) is 4.97. The first-order valence-electron chi connectivity index (χ1n) is 5.73. The first-order valence-corrected chi connectivity index (χ1v) is 5.73. The quantitative estimate of drug-likeness (QED) is 0.752. The molecule has 4 heteroatoms. The molecule has 0 unspecified atom stereocenters. The standard InChI is InChI=1S/C12H17N3O/c16-12(11-3-1-2-5-14-11)4-8-15-9-6-13-7-10-15/h1-3,5,13H,4,6-10H2. The molecule has 0 spiro atoms. The highest BCUT2D eigenvalue weighted by atomic mass is 16.1.